The predicted octanol–water partition coefficient (Wildman–Crippen LogP) is 4.15. The van der Waals surface area contributed by atoms with E-state index in [4.69, 9.17) is 4.74 Å². The molecule has 1 aromatic carbocycles. The zero-order chi connectivity index (χ0) is 16.9. The maximum absolute atomic E-state index is 13.1. The molecule has 1 saturated carbocycles. The van der Waals surface area contributed by atoms with E-state index >= 15 is 0 Å². The highest BCUT2D eigenvalue weighted by Gasteiger charge is 2.48. The Balaban J connectivity index is 1.61. The van der Waals surface area contributed by atoms with Crippen LogP contribution < -0.4 is 9.64 Å². The Morgan fingerprint density at radius 1 is 1.38 bits per heavy atom. The zero-order valence-electron chi connectivity index (χ0n) is 13.7. The van der Waals surface area contributed by atoms with Crippen molar-refractivity contribution in [2.45, 2.75) is 31.8 Å². The molecule has 1 fully saturated rings. The second-order valence-electron chi connectivity index (χ2n) is 7.13. The number of halogens is 1. The van der Waals surface area contributed by atoms with Crippen molar-refractivity contribution in [1.29, 1.82) is 0 Å². The van der Waals surface area contributed by atoms with E-state index in [0.717, 1.165) is 27.9 Å². The van der Waals surface area contributed by atoms with Gasteiger partial charge in [0.1, 0.15) is 11.4 Å². The third kappa shape index (κ3) is 2.81. The number of fused-ring (bicyclic) bond motifs is 1. The molecule has 5 heteroatoms. The highest BCUT2D eigenvalue weighted by atomic mass is 79.9. The minimum atomic E-state index is -0.401. The van der Waals surface area contributed by atoms with Crippen molar-refractivity contribution >= 4 is 27.5 Å². The van der Waals surface area contributed by atoms with Crippen LogP contribution in [-0.4, -0.2) is 23.0 Å². The Labute approximate surface area is 150 Å². The Morgan fingerprint density at radius 3 is 2.96 bits per heavy atom. The van der Waals surface area contributed by atoms with Crippen LogP contribution in [-0.2, 0) is 4.79 Å². The number of nitrogens with zero attached hydrogens (tertiary/aromatic N) is 2. The van der Waals surface area contributed by atoms with Gasteiger partial charge in [-0.3, -0.25) is 9.78 Å². The van der Waals surface area contributed by atoms with Crippen LogP contribution in [0, 0.1) is 5.92 Å². The summed E-state index contributed by atoms with van der Waals surface area (Å²) < 4.78 is 7.01. The Hall–Kier alpha value is -1.88. The van der Waals surface area contributed by atoms with Gasteiger partial charge in [-0.25, -0.2) is 0 Å². The first kappa shape index (κ1) is 15.6. The number of rotatable bonds is 2. The Bertz CT molecular complexity index is 791. The summed E-state index contributed by atoms with van der Waals surface area (Å²) in [4.78, 5) is 19.2. The molecule has 0 spiro atoms. The largest absolute Gasteiger partial charge is 0.484 e. The van der Waals surface area contributed by atoms with Crippen LogP contribution in [0.1, 0.15) is 31.7 Å². The number of carbonyl (C=O) groups excluding carboxylic acids is 1. The summed E-state index contributed by atoms with van der Waals surface area (Å²) >= 11 is 3.48. The number of ether oxygens (including phenoxy) is 1. The lowest BCUT2D eigenvalue weighted by Gasteiger charge is -2.40. The molecule has 0 saturated heterocycles. The van der Waals surface area contributed by atoms with E-state index in [0.29, 0.717) is 6.54 Å². The first-order valence-electron chi connectivity index (χ1n) is 8.14. The summed E-state index contributed by atoms with van der Waals surface area (Å²) in [7, 11) is 0. The summed E-state index contributed by atoms with van der Waals surface area (Å²) in [6.45, 7) is 4.60. The van der Waals surface area contributed by atoms with E-state index in [1.807, 2.05) is 49.2 Å². The number of pyridine rings is 1. The molecule has 2 atom stereocenters. The van der Waals surface area contributed by atoms with Crippen LogP contribution in [0.25, 0.3) is 0 Å². The normalized spacial score (nSPS) is 24.0. The smallest absolute Gasteiger partial charge is 0.230 e. The third-order valence-corrected chi connectivity index (χ3v) is 5.12. The lowest BCUT2D eigenvalue weighted by atomic mass is 10.0. The average molecular weight is 387 g/mol. The fourth-order valence-corrected chi connectivity index (χ4v) is 3.76. The molecule has 2 heterocycles. The van der Waals surface area contributed by atoms with Crippen LogP contribution in [0.15, 0.2) is 47.2 Å². The topological polar surface area (TPSA) is 42.4 Å². The molecule has 1 aliphatic heterocycles. The standard InChI is InChI=1S/C19H19BrN2O2/c1-19(2)11-22(16-6-5-13(20)8-17(16)24-19)18(23)15-9-14(15)12-4-3-7-21-10-12/h3-8,10,14-15H,9,11H2,1-2H3/t14-,15+/m0/s1. The first-order valence-corrected chi connectivity index (χ1v) is 8.94. The van der Waals surface area contributed by atoms with Gasteiger partial charge in [0.15, 0.2) is 0 Å². The summed E-state index contributed by atoms with van der Waals surface area (Å²) in [6.07, 6.45) is 4.53. The maximum Gasteiger partial charge on any atom is 0.230 e. The van der Waals surface area contributed by atoms with E-state index in [1.54, 1.807) is 6.20 Å². The lowest BCUT2D eigenvalue weighted by Crippen LogP contribution is -2.50. The molecule has 1 aliphatic carbocycles. The van der Waals surface area contributed by atoms with E-state index in [1.165, 1.54) is 0 Å². The van der Waals surface area contributed by atoms with Gasteiger partial charge in [-0.1, -0.05) is 22.0 Å². The molecule has 0 N–H and O–H groups in total. The molecule has 4 rings (SSSR count). The van der Waals surface area contributed by atoms with Crippen molar-refractivity contribution in [3.8, 4) is 5.75 Å². The van der Waals surface area contributed by atoms with Crippen LogP contribution in [0.3, 0.4) is 0 Å². The van der Waals surface area contributed by atoms with Gasteiger partial charge in [0, 0.05) is 22.8 Å². The fraction of sp³-hybridized carbons (Fsp3) is 0.368. The highest BCUT2D eigenvalue weighted by molar-refractivity contribution is 9.10. The quantitative estimate of drug-likeness (QED) is 0.778. The monoisotopic (exact) mass is 386 g/mol. The van der Waals surface area contributed by atoms with Gasteiger partial charge in [0.25, 0.3) is 0 Å². The number of amides is 1. The van der Waals surface area contributed by atoms with Gasteiger partial charge in [-0.2, -0.15) is 0 Å². The number of benzene rings is 1. The van der Waals surface area contributed by atoms with Gasteiger partial charge in [-0.15, -0.1) is 0 Å². The number of carbonyl (C=O) groups is 1. The van der Waals surface area contributed by atoms with Crippen molar-refractivity contribution in [3.63, 3.8) is 0 Å². The van der Waals surface area contributed by atoms with Crippen molar-refractivity contribution in [3.05, 3.63) is 52.8 Å². The molecule has 4 nitrogen and oxygen atoms in total. The third-order valence-electron chi connectivity index (χ3n) is 4.62. The van der Waals surface area contributed by atoms with Gasteiger partial charge in [-0.05, 0) is 56.0 Å². The maximum atomic E-state index is 13.1. The molecule has 24 heavy (non-hydrogen) atoms. The molecule has 1 aromatic heterocycles. The Kier molecular flexibility index (Phi) is 3.64. The molecule has 2 aliphatic rings. The minimum absolute atomic E-state index is 0.0413. The number of anilines is 1. The summed E-state index contributed by atoms with van der Waals surface area (Å²) in [5, 5.41) is 0. The molecule has 0 bridgehead atoms. The lowest BCUT2D eigenvalue weighted by molar-refractivity contribution is -0.120. The van der Waals surface area contributed by atoms with Gasteiger partial charge >= 0.3 is 0 Å². The summed E-state index contributed by atoms with van der Waals surface area (Å²) in [6, 6.07) is 9.82. The van der Waals surface area contributed by atoms with E-state index in [-0.39, 0.29) is 17.7 Å². The zero-order valence-corrected chi connectivity index (χ0v) is 15.3. The summed E-state index contributed by atoms with van der Waals surface area (Å²) in [5.41, 5.74) is 1.61. The summed E-state index contributed by atoms with van der Waals surface area (Å²) in [5.74, 6) is 1.27. The number of hydrogen-bond donors (Lipinski definition) is 0. The van der Waals surface area contributed by atoms with Gasteiger partial charge in [0.2, 0.25) is 5.91 Å². The van der Waals surface area contributed by atoms with E-state index in [2.05, 4.69) is 27.0 Å². The minimum Gasteiger partial charge on any atom is -0.484 e. The fourth-order valence-electron chi connectivity index (χ4n) is 3.42. The highest BCUT2D eigenvalue weighted by Crippen LogP contribution is 2.50. The van der Waals surface area contributed by atoms with Crippen molar-refractivity contribution in [2.24, 2.45) is 5.92 Å². The van der Waals surface area contributed by atoms with E-state index in [9.17, 15) is 4.79 Å². The second-order valence-corrected chi connectivity index (χ2v) is 8.05. The van der Waals surface area contributed by atoms with Crippen LogP contribution in [0.5, 0.6) is 5.75 Å². The second kappa shape index (κ2) is 5.59. The molecule has 1 amide bonds. The number of aromatic nitrogens is 1. The molecule has 0 radical (unpaired) electrons. The van der Waals surface area contributed by atoms with E-state index < -0.39 is 5.60 Å². The van der Waals surface area contributed by atoms with Gasteiger partial charge < -0.3 is 9.64 Å². The van der Waals surface area contributed by atoms with Crippen molar-refractivity contribution in [2.75, 3.05) is 11.4 Å². The van der Waals surface area contributed by atoms with Crippen molar-refractivity contribution in [1.82, 2.24) is 4.98 Å². The van der Waals surface area contributed by atoms with Crippen LogP contribution in [0.4, 0.5) is 5.69 Å². The predicted molar refractivity (Wildman–Crippen MR) is 96.3 cm³/mol. The number of hydrogen-bond acceptors (Lipinski definition) is 3. The molecular formula is C19H19BrN2O2. The molecule has 2 aromatic rings. The van der Waals surface area contributed by atoms with Crippen LogP contribution >= 0.6 is 15.9 Å². The van der Waals surface area contributed by atoms with Crippen LogP contribution in [0.2, 0.25) is 0 Å². The van der Waals surface area contributed by atoms with Crippen molar-refractivity contribution < 1.29 is 9.53 Å². The molecular weight excluding hydrogens is 368 g/mol. The first-order chi connectivity index (χ1) is 11.4. The Morgan fingerprint density at radius 2 is 2.21 bits per heavy atom. The average Bonchev–Trinajstić information content (AvgIpc) is 3.33. The molecule has 124 valence electrons. The molecule has 0 unspecified atom stereocenters. The van der Waals surface area contributed by atoms with Gasteiger partial charge in [0.05, 0.1) is 12.2 Å². The SMILES string of the molecule is CC1(C)CN(C(=O)[C@@H]2C[C@H]2c2cccnc2)c2ccc(Br)cc2O1.